The molecule has 108 valence electrons. The van der Waals surface area contributed by atoms with Gasteiger partial charge < -0.3 is 5.11 Å². The molecule has 0 amide bonds. The van der Waals surface area contributed by atoms with Gasteiger partial charge in [-0.1, -0.05) is 44.5 Å². The van der Waals surface area contributed by atoms with Crippen molar-refractivity contribution in [2.24, 2.45) is 5.41 Å². The average Bonchev–Trinajstić information content (AvgIpc) is 2.90. The summed E-state index contributed by atoms with van der Waals surface area (Å²) in [6.07, 6.45) is 3.29. The van der Waals surface area contributed by atoms with Crippen molar-refractivity contribution < 1.29 is 5.11 Å². The van der Waals surface area contributed by atoms with Gasteiger partial charge in [-0.3, -0.25) is 0 Å². The van der Waals surface area contributed by atoms with Crippen molar-refractivity contribution in [2.75, 3.05) is 0 Å². The Morgan fingerprint density at radius 1 is 1.25 bits per heavy atom. The van der Waals surface area contributed by atoms with Crippen molar-refractivity contribution in [2.45, 2.75) is 39.3 Å². The molecule has 2 rings (SSSR count). The lowest BCUT2D eigenvalue weighted by Crippen LogP contribution is -2.37. The molecule has 1 aromatic carbocycles. The predicted octanol–water partition coefficient (Wildman–Crippen LogP) is 3.12. The van der Waals surface area contributed by atoms with E-state index in [1.807, 2.05) is 45.0 Å². The van der Waals surface area contributed by atoms with E-state index in [2.05, 4.69) is 10.1 Å². The lowest BCUT2D eigenvalue weighted by atomic mass is 9.82. The van der Waals surface area contributed by atoms with Crippen molar-refractivity contribution in [1.29, 1.82) is 0 Å². The zero-order chi connectivity index (χ0) is 14.8. The highest BCUT2D eigenvalue weighted by Crippen LogP contribution is 2.30. The summed E-state index contributed by atoms with van der Waals surface area (Å²) in [5.74, 6) is 0. The number of aromatic nitrogens is 3. The third-order valence-corrected chi connectivity index (χ3v) is 3.64. The van der Waals surface area contributed by atoms with Crippen LogP contribution in [-0.4, -0.2) is 26.0 Å². The molecular weight excluding hydrogens is 274 g/mol. The van der Waals surface area contributed by atoms with Crippen molar-refractivity contribution in [3.05, 3.63) is 47.5 Å². The predicted molar refractivity (Wildman–Crippen MR) is 79.7 cm³/mol. The third-order valence-electron chi connectivity index (χ3n) is 3.39. The van der Waals surface area contributed by atoms with Gasteiger partial charge in [0.25, 0.3) is 0 Å². The molecule has 4 nitrogen and oxygen atoms in total. The maximum Gasteiger partial charge on any atom is 0.137 e. The fourth-order valence-electron chi connectivity index (χ4n) is 2.18. The number of hydrogen-bond acceptors (Lipinski definition) is 3. The van der Waals surface area contributed by atoms with Gasteiger partial charge in [-0.05, 0) is 29.5 Å². The lowest BCUT2D eigenvalue weighted by Gasteiger charge is -2.33. The SMILES string of the molecule is CC(C)(C)C(O)[C@H](Cc1ccc(Cl)cc1)n1cncn1. The Morgan fingerprint density at radius 2 is 1.90 bits per heavy atom. The molecule has 20 heavy (non-hydrogen) atoms. The summed E-state index contributed by atoms with van der Waals surface area (Å²) in [6.45, 7) is 6.05. The molecule has 0 saturated carbocycles. The van der Waals surface area contributed by atoms with Crippen molar-refractivity contribution in [3.63, 3.8) is 0 Å². The second kappa shape index (κ2) is 5.94. The topological polar surface area (TPSA) is 50.9 Å². The number of benzene rings is 1. The Hall–Kier alpha value is -1.39. The number of nitrogens with zero attached hydrogens (tertiary/aromatic N) is 3. The first-order valence-corrected chi connectivity index (χ1v) is 7.02. The number of halogens is 1. The highest BCUT2D eigenvalue weighted by atomic mass is 35.5. The van der Waals surface area contributed by atoms with Crippen LogP contribution in [0.15, 0.2) is 36.9 Å². The molecule has 1 aromatic heterocycles. The monoisotopic (exact) mass is 293 g/mol. The van der Waals surface area contributed by atoms with Gasteiger partial charge in [-0.25, -0.2) is 9.67 Å². The molecule has 0 bridgehead atoms. The molecule has 1 heterocycles. The minimum atomic E-state index is -0.528. The number of rotatable bonds is 4. The van der Waals surface area contributed by atoms with E-state index in [1.165, 1.54) is 6.33 Å². The standard InChI is InChI=1S/C15H20ClN3O/c1-15(2,3)14(20)13(19-10-17-9-18-19)8-11-4-6-12(16)7-5-11/h4-7,9-10,13-14,20H,8H2,1-3H3/t13-,14?/m0/s1. The highest BCUT2D eigenvalue weighted by molar-refractivity contribution is 6.30. The first kappa shape index (κ1) is 15.0. The van der Waals surface area contributed by atoms with Gasteiger partial charge >= 0.3 is 0 Å². The van der Waals surface area contributed by atoms with E-state index in [4.69, 9.17) is 11.6 Å². The Bertz CT molecular complexity index is 531. The minimum absolute atomic E-state index is 0.154. The van der Waals surface area contributed by atoms with E-state index in [0.29, 0.717) is 11.4 Å². The van der Waals surface area contributed by atoms with Gasteiger partial charge in [0, 0.05) is 5.02 Å². The molecule has 1 N–H and O–H groups in total. The van der Waals surface area contributed by atoms with Gasteiger partial charge in [0.1, 0.15) is 12.7 Å². The lowest BCUT2D eigenvalue weighted by molar-refractivity contribution is 0.0124. The van der Waals surface area contributed by atoms with Crippen molar-refractivity contribution in [1.82, 2.24) is 14.8 Å². The summed E-state index contributed by atoms with van der Waals surface area (Å²) in [5.41, 5.74) is 0.876. The first-order valence-electron chi connectivity index (χ1n) is 6.64. The van der Waals surface area contributed by atoms with Gasteiger partial charge in [0.15, 0.2) is 0 Å². The van der Waals surface area contributed by atoms with E-state index in [0.717, 1.165) is 5.56 Å². The summed E-state index contributed by atoms with van der Waals surface area (Å²) >= 11 is 5.91. The molecule has 1 unspecified atom stereocenters. The van der Waals surface area contributed by atoms with Crippen LogP contribution in [0.3, 0.4) is 0 Å². The van der Waals surface area contributed by atoms with Crippen LogP contribution in [0.4, 0.5) is 0 Å². The van der Waals surface area contributed by atoms with E-state index in [1.54, 1.807) is 11.0 Å². The quantitative estimate of drug-likeness (QED) is 0.942. The molecule has 5 heteroatoms. The van der Waals surface area contributed by atoms with Gasteiger partial charge in [0.2, 0.25) is 0 Å². The van der Waals surface area contributed by atoms with Crippen LogP contribution in [-0.2, 0) is 6.42 Å². The molecule has 0 aliphatic carbocycles. The van der Waals surface area contributed by atoms with E-state index < -0.39 is 6.10 Å². The minimum Gasteiger partial charge on any atom is -0.390 e. The van der Waals surface area contributed by atoms with Crippen LogP contribution in [0.25, 0.3) is 0 Å². The van der Waals surface area contributed by atoms with Crippen molar-refractivity contribution >= 4 is 11.6 Å². The van der Waals surface area contributed by atoms with E-state index >= 15 is 0 Å². The third kappa shape index (κ3) is 3.58. The van der Waals surface area contributed by atoms with Gasteiger partial charge in [0.05, 0.1) is 12.1 Å². The fourth-order valence-corrected chi connectivity index (χ4v) is 2.30. The first-order chi connectivity index (χ1) is 9.38. The van der Waals surface area contributed by atoms with E-state index in [-0.39, 0.29) is 11.5 Å². The Balaban J connectivity index is 2.26. The summed E-state index contributed by atoms with van der Waals surface area (Å²) < 4.78 is 1.73. The number of aliphatic hydroxyl groups is 1. The molecule has 2 atom stereocenters. The summed E-state index contributed by atoms with van der Waals surface area (Å²) in [5, 5.41) is 15.5. The largest absolute Gasteiger partial charge is 0.390 e. The number of aliphatic hydroxyl groups excluding tert-OH is 1. The molecule has 0 saturated heterocycles. The van der Waals surface area contributed by atoms with E-state index in [9.17, 15) is 5.11 Å². The highest BCUT2D eigenvalue weighted by Gasteiger charge is 2.32. The number of hydrogen-bond donors (Lipinski definition) is 1. The second-order valence-corrected chi connectivity index (χ2v) is 6.52. The van der Waals surface area contributed by atoms with Crippen LogP contribution in [0, 0.1) is 5.41 Å². The van der Waals surface area contributed by atoms with Crippen molar-refractivity contribution in [3.8, 4) is 0 Å². The molecule has 0 aliphatic heterocycles. The zero-order valence-corrected chi connectivity index (χ0v) is 12.7. The van der Waals surface area contributed by atoms with Gasteiger partial charge in [-0.15, -0.1) is 0 Å². The molecule has 0 aliphatic rings. The molecule has 0 fully saturated rings. The maximum absolute atomic E-state index is 10.6. The molecule has 0 radical (unpaired) electrons. The average molecular weight is 294 g/mol. The van der Waals surface area contributed by atoms with Crippen LogP contribution >= 0.6 is 11.6 Å². The van der Waals surface area contributed by atoms with Gasteiger partial charge in [-0.2, -0.15) is 5.10 Å². The summed E-state index contributed by atoms with van der Waals surface area (Å²) in [6, 6.07) is 7.51. The van der Waals surface area contributed by atoms with Crippen LogP contribution in [0.5, 0.6) is 0 Å². The Kier molecular flexibility index (Phi) is 4.45. The zero-order valence-electron chi connectivity index (χ0n) is 12.0. The molecular formula is C15H20ClN3O. The fraction of sp³-hybridized carbons (Fsp3) is 0.467. The summed E-state index contributed by atoms with van der Waals surface area (Å²) in [7, 11) is 0. The summed E-state index contributed by atoms with van der Waals surface area (Å²) in [4.78, 5) is 3.98. The maximum atomic E-state index is 10.6. The van der Waals surface area contributed by atoms with Crippen LogP contribution < -0.4 is 0 Å². The van der Waals surface area contributed by atoms with Crippen LogP contribution in [0.2, 0.25) is 5.02 Å². The Labute approximate surface area is 124 Å². The smallest absolute Gasteiger partial charge is 0.137 e. The second-order valence-electron chi connectivity index (χ2n) is 6.08. The molecule has 2 aromatic rings. The normalized spacial score (nSPS) is 15.1. The molecule has 0 spiro atoms. The Morgan fingerprint density at radius 3 is 2.40 bits per heavy atom. The van der Waals surface area contributed by atoms with Crippen LogP contribution in [0.1, 0.15) is 32.4 Å².